The molecule has 2 aromatic carbocycles. The first kappa shape index (κ1) is 14.4. The maximum Gasteiger partial charge on any atom is 0.259 e. The molecule has 0 saturated carbocycles. The van der Waals surface area contributed by atoms with Crippen LogP contribution in [0.5, 0.6) is 11.5 Å². The third kappa shape index (κ3) is 3.53. The highest BCUT2D eigenvalue weighted by Crippen LogP contribution is 2.28. The van der Waals surface area contributed by atoms with Crippen LogP contribution in [0.1, 0.15) is 15.9 Å². The Morgan fingerprint density at radius 3 is 2.67 bits per heavy atom. The molecular formula is C16H13NO4. The second-order valence-corrected chi connectivity index (χ2v) is 4.17. The fourth-order valence-electron chi connectivity index (χ4n) is 1.73. The number of phenolic OH excluding ortho intramolecular Hbond substituents is 2. The lowest BCUT2D eigenvalue weighted by molar-refractivity contribution is 0.102. The predicted molar refractivity (Wildman–Crippen MR) is 78.1 cm³/mol. The summed E-state index contributed by atoms with van der Waals surface area (Å²) in [5, 5.41) is 30.3. The minimum absolute atomic E-state index is 0.0261. The van der Waals surface area contributed by atoms with E-state index in [2.05, 4.69) is 17.2 Å². The van der Waals surface area contributed by atoms with Crippen molar-refractivity contribution < 1.29 is 20.1 Å². The van der Waals surface area contributed by atoms with Crippen molar-refractivity contribution in [3.8, 4) is 23.3 Å². The second kappa shape index (κ2) is 6.46. The summed E-state index contributed by atoms with van der Waals surface area (Å²) >= 11 is 0. The van der Waals surface area contributed by atoms with E-state index in [9.17, 15) is 15.0 Å². The van der Waals surface area contributed by atoms with Crippen LogP contribution in [0.25, 0.3) is 0 Å². The van der Waals surface area contributed by atoms with Gasteiger partial charge in [-0.05, 0) is 30.3 Å². The van der Waals surface area contributed by atoms with E-state index < -0.39 is 11.7 Å². The molecule has 0 fully saturated rings. The van der Waals surface area contributed by atoms with E-state index >= 15 is 0 Å². The van der Waals surface area contributed by atoms with E-state index in [1.165, 1.54) is 18.2 Å². The molecular weight excluding hydrogens is 270 g/mol. The number of carbonyl (C=O) groups excluding carboxylic acids is 1. The van der Waals surface area contributed by atoms with Crippen LogP contribution >= 0.6 is 0 Å². The number of para-hydroxylation sites is 1. The molecule has 0 aromatic heterocycles. The molecule has 2 aromatic rings. The molecule has 0 unspecified atom stereocenters. The molecule has 21 heavy (non-hydrogen) atoms. The maximum atomic E-state index is 12.1. The van der Waals surface area contributed by atoms with Crippen molar-refractivity contribution in [3.63, 3.8) is 0 Å². The van der Waals surface area contributed by atoms with Gasteiger partial charge in [-0.3, -0.25) is 4.79 Å². The van der Waals surface area contributed by atoms with E-state index in [1.54, 1.807) is 24.3 Å². The number of hydrogen-bond acceptors (Lipinski definition) is 4. The maximum absolute atomic E-state index is 12.1. The van der Waals surface area contributed by atoms with E-state index in [1.807, 2.05) is 0 Å². The number of benzene rings is 2. The highest BCUT2D eigenvalue weighted by molar-refractivity contribution is 6.06. The molecule has 106 valence electrons. The third-order valence-electron chi connectivity index (χ3n) is 2.69. The van der Waals surface area contributed by atoms with Gasteiger partial charge in [0.2, 0.25) is 0 Å². The molecule has 0 saturated heterocycles. The van der Waals surface area contributed by atoms with Crippen molar-refractivity contribution >= 4 is 11.6 Å². The van der Waals surface area contributed by atoms with Crippen LogP contribution in [0.4, 0.5) is 5.69 Å². The summed E-state index contributed by atoms with van der Waals surface area (Å²) in [7, 11) is 0. The normalized spacial score (nSPS) is 9.57. The minimum Gasteiger partial charge on any atom is -0.504 e. The Hall–Kier alpha value is -2.97. The highest BCUT2D eigenvalue weighted by Gasteiger charge is 2.13. The van der Waals surface area contributed by atoms with Crippen molar-refractivity contribution in [1.82, 2.24) is 0 Å². The van der Waals surface area contributed by atoms with Crippen molar-refractivity contribution in [2.45, 2.75) is 0 Å². The number of carbonyl (C=O) groups is 1. The van der Waals surface area contributed by atoms with E-state index in [-0.39, 0.29) is 17.9 Å². The van der Waals surface area contributed by atoms with Gasteiger partial charge in [0.15, 0.2) is 11.5 Å². The summed E-state index contributed by atoms with van der Waals surface area (Å²) < 4.78 is 0. The molecule has 0 aliphatic rings. The van der Waals surface area contributed by atoms with Gasteiger partial charge >= 0.3 is 0 Å². The smallest absolute Gasteiger partial charge is 0.259 e. The Labute approximate surface area is 121 Å². The fourth-order valence-corrected chi connectivity index (χ4v) is 1.73. The van der Waals surface area contributed by atoms with Crippen LogP contribution in [0.3, 0.4) is 0 Å². The lowest BCUT2D eigenvalue weighted by Crippen LogP contribution is -2.12. The summed E-state index contributed by atoms with van der Waals surface area (Å²) in [5.74, 6) is 3.87. The third-order valence-corrected chi connectivity index (χ3v) is 2.69. The summed E-state index contributed by atoms with van der Waals surface area (Å²) in [4.78, 5) is 12.1. The molecule has 5 nitrogen and oxygen atoms in total. The minimum atomic E-state index is -0.546. The largest absolute Gasteiger partial charge is 0.504 e. The lowest BCUT2D eigenvalue weighted by Gasteiger charge is -2.08. The summed E-state index contributed by atoms with van der Waals surface area (Å²) in [6, 6.07) is 10.9. The number of aromatic hydroxyl groups is 2. The summed E-state index contributed by atoms with van der Waals surface area (Å²) in [6.07, 6.45) is 0. The zero-order chi connectivity index (χ0) is 15.2. The monoisotopic (exact) mass is 283 g/mol. The molecule has 0 spiro atoms. The molecule has 0 heterocycles. The molecule has 0 aliphatic heterocycles. The van der Waals surface area contributed by atoms with Crippen LogP contribution in [-0.4, -0.2) is 27.8 Å². The molecule has 0 atom stereocenters. The van der Waals surface area contributed by atoms with E-state index in [4.69, 9.17) is 5.11 Å². The first-order valence-corrected chi connectivity index (χ1v) is 6.14. The Balaban J connectivity index is 2.22. The fraction of sp³-hybridized carbons (Fsp3) is 0.0625. The van der Waals surface area contributed by atoms with Gasteiger partial charge in [0.05, 0.1) is 5.56 Å². The molecule has 0 radical (unpaired) electrons. The predicted octanol–water partition coefficient (Wildman–Crippen LogP) is 1.69. The number of phenols is 2. The van der Waals surface area contributed by atoms with Gasteiger partial charge in [0.1, 0.15) is 6.61 Å². The Morgan fingerprint density at radius 1 is 1.14 bits per heavy atom. The zero-order valence-electron chi connectivity index (χ0n) is 11.0. The molecule has 5 heteroatoms. The topological polar surface area (TPSA) is 89.8 Å². The van der Waals surface area contributed by atoms with Gasteiger partial charge in [-0.25, -0.2) is 0 Å². The average molecular weight is 283 g/mol. The summed E-state index contributed by atoms with van der Waals surface area (Å²) in [5.41, 5.74) is 1.11. The molecule has 0 aliphatic carbocycles. The van der Waals surface area contributed by atoms with Crippen molar-refractivity contribution in [1.29, 1.82) is 0 Å². The Bertz CT molecular complexity index is 729. The van der Waals surface area contributed by atoms with Crippen molar-refractivity contribution in [2.24, 2.45) is 0 Å². The number of aliphatic hydroxyl groups excluding tert-OH is 1. The Morgan fingerprint density at radius 2 is 1.90 bits per heavy atom. The van der Waals surface area contributed by atoms with Gasteiger partial charge in [-0.1, -0.05) is 24.0 Å². The second-order valence-electron chi connectivity index (χ2n) is 4.17. The number of rotatable bonds is 2. The first-order chi connectivity index (χ1) is 10.1. The van der Waals surface area contributed by atoms with Gasteiger partial charge in [-0.2, -0.15) is 0 Å². The van der Waals surface area contributed by atoms with Gasteiger partial charge in [0, 0.05) is 11.3 Å². The first-order valence-electron chi connectivity index (χ1n) is 6.14. The number of anilines is 1. The number of amides is 1. The van der Waals surface area contributed by atoms with E-state index in [0.29, 0.717) is 11.3 Å². The van der Waals surface area contributed by atoms with Gasteiger partial charge in [-0.15, -0.1) is 0 Å². The van der Waals surface area contributed by atoms with Crippen LogP contribution in [-0.2, 0) is 0 Å². The molecule has 2 rings (SSSR count). The highest BCUT2D eigenvalue weighted by atomic mass is 16.3. The zero-order valence-corrected chi connectivity index (χ0v) is 11.0. The van der Waals surface area contributed by atoms with Crippen LogP contribution in [0.15, 0.2) is 42.5 Å². The SMILES string of the molecule is O=C(Nc1cccc(C#CCO)c1)c1cccc(O)c1O. The molecule has 4 N–H and O–H groups in total. The van der Waals surface area contributed by atoms with E-state index in [0.717, 1.165) is 0 Å². The van der Waals surface area contributed by atoms with Crippen LogP contribution in [0.2, 0.25) is 0 Å². The Kier molecular flexibility index (Phi) is 4.44. The number of hydrogen-bond donors (Lipinski definition) is 4. The molecule has 0 bridgehead atoms. The quantitative estimate of drug-likeness (QED) is 0.499. The molecule has 1 amide bonds. The van der Waals surface area contributed by atoms with Gasteiger partial charge < -0.3 is 20.6 Å². The average Bonchev–Trinajstić information content (AvgIpc) is 2.48. The van der Waals surface area contributed by atoms with Crippen LogP contribution in [0, 0.1) is 11.8 Å². The van der Waals surface area contributed by atoms with Crippen molar-refractivity contribution in [2.75, 3.05) is 11.9 Å². The van der Waals surface area contributed by atoms with Crippen LogP contribution < -0.4 is 5.32 Å². The lowest BCUT2D eigenvalue weighted by atomic mass is 10.1. The van der Waals surface area contributed by atoms with Crippen molar-refractivity contribution in [3.05, 3.63) is 53.6 Å². The summed E-state index contributed by atoms with van der Waals surface area (Å²) in [6.45, 7) is -0.242. The standard InChI is InChI=1S/C16H13NO4/c18-9-3-5-11-4-1-6-12(10-11)17-16(21)13-7-2-8-14(19)15(13)20/h1-2,4,6-8,10,18-20H,9H2,(H,17,21). The van der Waals surface area contributed by atoms with Gasteiger partial charge in [0.25, 0.3) is 5.91 Å². The number of aliphatic hydroxyl groups is 1. The number of nitrogens with one attached hydrogen (secondary N) is 1.